The number of rotatable bonds is 6. The maximum atomic E-state index is 14.8. The van der Waals surface area contributed by atoms with Crippen LogP contribution in [0.25, 0.3) is 49.3 Å². The fourth-order valence-electron chi connectivity index (χ4n) is 5.03. The van der Waals surface area contributed by atoms with Gasteiger partial charge in [0.05, 0.1) is 23.3 Å². The molecule has 0 aliphatic carbocycles. The van der Waals surface area contributed by atoms with Crippen LogP contribution in [0.4, 0.5) is 9.39 Å². The summed E-state index contributed by atoms with van der Waals surface area (Å²) in [5.41, 5.74) is 3.55. The molecule has 3 aromatic carbocycles. The quantitative estimate of drug-likeness (QED) is 0.186. The van der Waals surface area contributed by atoms with E-state index in [0.717, 1.165) is 0 Å². The van der Waals surface area contributed by atoms with Crippen molar-refractivity contribution in [3.63, 3.8) is 0 Å². The second kappa shape index (κ2) is 10.8. The van der Waals surface area contributed by atoms with E-state index in [4.69, 9.17) is 18.2 Å². The molecule has 0 aliphatic rings. The molecule has 212 valence electrons. The second-order valence-corrected chi connectivity index (χ2v) is 12.7. The number of aryl methyl sites for hydroxylation is 1. The van der Waals surface area contributed by atoms with Gasteiger partial charge in [-0.25, -0.2) is 26.4 Å². The predicted molar refractivity (Wildman–Crippen MR) is 166 cm³/mol. The van der Waals surface area contributed by atoms with Gasteiger partial charge in [-0.2, -0.15) is 11.3 Å². The summed E-state index contributed by atoms with van der Waals surface area (Å²) in [6, 6.07) is 20.0. The molecule has 0 spiro atoms. The number of nitrogens with zero attached hydrogens (tertiary/aromatic N) is 3. The minimum absolute atomic E-state index is 0.0243. The van der Waals surface area contributed by atoms with E-state index in [1.807, 2.05) is 0 Å². The number of hydrogen-bond acceptors (Lipinski definition) is 5. The highest BCUT2D eigenvalue weighted by molar-refractivity contribution is 7.90. The van der Waals surface area contributed by atoms with Crippen molar-refractivity contribution in [2.24, 2.45) is 0 Å². The van der Waals surface area contributed by atoms with Gasteiger partial charge in [0, 0.05) is 44.6 Å². The molecule has 11 heteroatoms. The molecule has 7 nitrogen and oxygen atoms in total. The molecule has 0 saturated heterocycles. The number of benzene rings is 3. The van der Waals surface area contributed by atoms with E-state index in [0.29, 0.717) is 43.9 Å². The molecule has 0 saturated carbocycles. The zero-order valence-corrected chi connectivity index (χ0v) is 24.6. The van der Waals surface area contributed by atoms with Gasteiger partial charge in [0.25, 0.3) is 10.0 Å². The first kappa shape index (κ1) is 28.3. The molecule has 0 aliphatic heterocycles. The zero-order chi connectivity index (χ0) is 30.5. The van der Waals surface area contributed by atoms with Crippen molar-refractivity contribution < 1.29 is 22.7 Å². The van der Waals surface area contributed by atoms with Crippen LogP contribution in [-0.4, -0.2) is 28.5 Å². The van der Waals surface area contributed by atoms with Gasteiger partial charge in [0.2, 0.25) is 5.00 Å². The molecule has 6 aromatic rings. The van der Waals surface area contributed by atoms with Crippen LogP contribution < -0.4 is 0 Å². The van der Waals surface area contributed by atoms with Gasteiger partial charge in [-0.1, -0.05) is 41.9 Å². The van der Waals surface area contributed by atoms with Gasteiger partial charge in [-0.05, 0) is 66.4 Å². The Labute approximate surface area is 255 Å². The molecule has 0 unspecified atom stereocenters. The minimum Gasteiger partial charge on any atom is -0.478 e. The van der Waals surface area contributed by atoms with E-state index in [1.54, 1.807) is 54.8 Å². The maximum Gasteiger partial charge on any atom is 0.335 e. The molecule has 0 bridgehead atoms. The molecular weight excluding hydrogens is 609 g/mol. The van der Waals surface area contributed by atoms with Crippen LogP contribution in [0, 0.1) is 19.3 Å². The lowest BCUT2D eigenvalue weighted by Crippen LogP contribution is -2.14. The summed E-state index contributed by atoms with van der Waals surface area (Å²) in [5.74, 6) is -1.68. The second-order valence-electron chi connectivity index (χ2n) is 9.62. The van der Waals surface area contributed by atoms with Crippen LogP contribution in [0.5, 0.6) is 0 Å². The van der Waals surface area contributed by atoms with Gasteiger partial charge >= 0.3 is 5.97 Å². The van der Waals surface area contributed by atoms with E-state index in [9.17, 15) is 22.7 Å². The summed E-state index contributed by atoms with van der Waals surface area (Å²) in [6.07, 6.45) is 1.28. The Kier molecular flexibility index (Phi) is 7.10. The van der Waals surface area contributed by atoms with Crippen molar-refractivity contribution in [1.82, 2.24) is 8.96 Å². The maximum absolute atomic E-state index is 14.8. The van der Waals surface area contributed by atoms with Crippen LogP contribution >= 0.6 is 22.9 Å². The number of carboxylic acids is 1. The van der Waals surface area contributed by atoms with Crippen molar-refractivity contribution in [1.29, 1.82) is 0 Å². The van der Waals surface area contributed by atoms with Crippen LogP contribution in [0.3, 0.4) is 0 Å². The fourth-order valence-corrected chi connectivity index (χ4v) is 7.49. The van der Waals surface area contributed by atoms with Crippen LogP contribution in [0.1, 0.15) is 16.1 Å². The Morgan fingerprint density at radius 2 is 1.81 bits per heavy atom. The summed E-state index contributed by atoms with van der Waals surface area (Å²) in [6.45, 7) is 9.50. The number of thiophene rings is 1. The molecule has 0 fully saturated rings. The van der Waals surface area contributed by atoms with Crippen LogP contribution in [-0.2, 0) is 10.0 Å². The number of aromatic carboxylic acids is 1. The molecule has 1 N–H and O–H groups in total. The van der Waals surface area contributed by atoms with Crippen molar-refractivity contribution in [3.8, 4) is 33.5 Å². The monoisotopic (exact) mass is 627 g/mol. The van der Waals surface area contributed by atoms with Gasteiger partial charge in [0.15, 0.2) is 0 Å². The molecule has 43 heavy (non-hydrogen) atoms. The molecular formula is C32H19ClFN3O4S2. The lowest BCUT2D eigenvalue weighted by atomic mass is 9.96. The first-order valence-electron chi connectivity index (χ1n) is 12.7. The number of fused-ring (bicyclic) bond motifs is 1. The summed E-state index contributed by atoms with van der Waals surface area (Å²) in [7, 11) is -4.30. The molecule has 0 radical (unpaired) electrons. The van der Waals surface area contributed by atoms with Gasteiger partial charge in [-0.15, -0.1) is 0 Å². The minimum atomic E-state index is -4.30. The SMILES string of the molecule is [C-]#[N+]c1sccc1-c1c(-c2cccc(-c3ccc(C(=O)O)cc3Cl)c2)n(S(=O)(=O)c2ccc(C)nc2)c2ccc(F)cc12. The van der Waals surface area contributed by atoms with E-state index in [2.05, 4.69) is 9.83 Å². The normalized spacial score (nSPS) is 11.5. The summed E-state index contributed by atoms with van der Waals surface area (Å²) in [5, 5.41) is 11.9. The van der Waals surface area contributed by atoms with E-state index in [-0.39, 0.29) is 26.7 Å². The number of halogens is 2. The Balaban J connectivity index is 1.72. The van der Waals surface area contributed by atoms with Crippen LogP contribution in [0.2, 0.25) is 5.02 Å². The molecule has 3 aromatic heterocycles. The highest BCUT2D eigenvalue weighted by Gasteiger charge is 2.30. The van der Waals surface area contributed by atoms with E-state index < -0.39 is 21.8 Å². The van der Waals surface area contributed by atoms with E-state index in [1.165, 1.54) is 57.9 Å². The number of pyridine rings is 1. The molecule has 3 heterocycles. The summed E-state index contributed by atoms with van der Waals surface area (Å²) in [4.78, 5) is 19.2. The van der Waals surface area contributed by atoms with Crippen molar-refractivity contribution in [3.05, 3.63) is 124 Å². The lowest BCUT2D eigenvalue weighted by molar-refractivity contribution is 0.0697. The third-order valence-corrected chi connectivity index (χ3v) is 9.80. The Morgan fingerprint density at radius 1 is 1.02 bits per heavy atom. The third kappa shape index (κ3) is 4.87. The number of carbonyl (C=O) groups is 1. The lowest BCUT2D eigenvalue weighted by Gasteiger charge is -2.15. The van der Waals surface area contributed by atoms with Gasteiger partial charge in [0.1, 0.15) is 10.7 Å². The zero-order valence-electron chi connectivity index (χ0n) is 22.2. The van der Waals surface area contributed by atoms with Gasteiger partial charge in [-0.3, -0.25) is 4.98 Å². The number of carboxylic acid groups (broad SMARTS) is 1. The number of aromatic nitrogens is 2. The van der Waals surface area contributed by atoms with Crippen molar-refractivity contribution >= 4 is 54.8 Å². The Bertz CT molecular complexity index is 2230. The van der Waals surface area contributed by atoms with Crippen molar-refractivity contribution in [2.75, 3.05) is 0 Å². The topological polar surface area (TPSA) is 93.6 Å². The highest BCUT2D eigenvalue weighted by atomic mass is 35.5. The molecule has 0 amide bonds. The molecule has 6 rings (SSSR count). The first-order valence-corrected chi connectivity index (χ1v) is 15.4. The standard InChI is InChI=1S/C32H19ClFN3O4S2/c1-18-6-9-23(17-36-18)43(40,41)37-28-11-8-22(34)16-26(28)29(25-12-13-42-31(25)35-2)30(37)20-5-3-4-19(14-20)24-10-7-21(32(38)39)15-27(24)33/h3-17H,1H3,(H,38,39). The fraction of sp³-hybridized carbons (Fsp3) is 0.0312. The molecule has 0 atom stereocenters. The average Bonchev–Trinajstić information content (AvgIpc) is 3.59. The highest BCUT2D eigenvalue weighted by Crippen LogP contribution is 2.48. The van der Waals surface area contributed by atoms with Crippen molar-refractivity contribution in [2.45, 2.75) is 11.8 Å². The van der Waals surface area contributed by atoms with Crippen LogP contribution in [0.15, 0.2) is 95.3 Å². The first-order chi connectivity index (χ1) is 20.6. The Morgan fingerprint density at radius 3 is 2.51 bits per heavy atom. The predicted octanol–water partition coefficient (Wildman–Crippen LogP) is 8.69. The largest absolute Gasteiger partial charge is 0.478 e. The van der Waals surface area contributed by atoms with E-state index >= 15 is 0 Å². The average molecular weight is 628 g/mol. The summed E-state index contributed by atoms with van der Waals surface area (Å²) < 4.78 is 44.7. The summed E-state index contributed by atoms with van der Waals surface area (Å²) >= 11 is 7.69. The smallest absolute Gasteiger partial charge is 0.335 e. The Hall–Kier alpha value is -4.82. The number of hydrogen-bond donors (Lipinski definition) is 1. The third-order valence-electron chi connectivity index (χ3n) is 6.99. The van der Waals surface area contributed by atoms with Gasteiger partial charge < -0.3 is 5.11 Å².